The molecule has 0 unspecified atom stereocenters. The van der Waals surface area contributed by atoms with Gasteiger partial charge in [-0.3, -0.25) is 14.9 Å². The molecule has 2 aromatic carbocycles. The van der Waals surface area contributed by atoms with E-state index in [1.807, 2.05) is 19.1 Å². The second kappa shape index (κ2) is 8.99. The number of piperazine rings is 1. The maximum absolute atomic E-state index is 13.2. The summed E-state index contributed by atoms with van der Waals surface area (Å²) in [5, 5.41) is 10.9. The Morgan fingerprint density at radius 2 is 1.65 bits per heavy atom. The lowest BCUT2D eigenvalue weighted by Crippen LogP contribution is -2.50. The fourth-order valence-electron chi connectivity index (χ4n) is 3.87. The van der Waals surface area contributed by atoms with Crippen LogP contribution in [-0.4, -0.2) is 54.6 Å². The van der Waals surface area contributed by atoms with E-state index in [9.17, 15) is 23.3 Å². The molecule has 0 aromatic heterocycles. The molecular weight excluding hydrogens is 418 g/mol. The summed E-state index contributed by atoms with van der Waals surface area (Å²) in [4.78, 5) is 24.8. The molecule has 2 aromatic rings. The number of aryl methyl sites for hydroxylation is 3. The quantitative estimate of drug-likeness (QED) is 0.402. The first-order valence-corrected chi connectivity index (χ1v) is 11.3. The zero-order chi connectivity index (χ0) is 22.8. The van der Waals surface area contributed by atoms with Gasteiger partial charge < -0.3 is 4.90 Å². The van der Waals surface area contributed by atoms with Crippen LogP contribution in [0.25, 0.3) is 6.08 Å². The monoisotopic (exact) mass is 443 g/mol. The van der Waals surface area contributed by atoms with Crippen molar-refractivity contribution in [3.05, 3.63) is 74.8 Å². The number of hydrogen-bond donors (Lipinski definition) is 0. The highest BCUT2D eigenvalue weighted by atomic mass is 32.2. The summed E-state index contributed by atoms with van der Waals surface area (Å²) >= 11 is 0. The third-order valence-corrected chi connectivity index (χ3v) is 7.46. The third kappa shape index (κ3) is 5.00. The van der Waals surface area contributed by atoms with E-state index in [-0.39, 0.29) is 37.8 Å². The van der Waals surface area contributed by atoms with Crippen LogP contribution in [0.3, 0.4) is 0 Å². The maximum Gasteiger partial charge on any atom is 0.270 e. The molecule has 1 amide bonds. The van der Waals surface area contributed by atoms with Gasteiger partial charge in [0.25, 0.3) is 5.69 Å². The van der Waals surface area contributed by atoms with Crippen LogP contribution < -0.4 is 0 Å². The minimum atomic E-state index is -3.64. The minimum absolute atomic E-state index is 0.0462. The van der Waals surface area contributed by atoms with Crippen LogP contribution in [0.5, 0.6) is 0 Å². The van der Waals surface area contributed by atoms with Crippen LogP contribution in [-0.2, 0) is 14.8 Å². The molecule has 1 aliphatic rings. The smallest absolute Gasteiger partial charge is 0.270 e. The summed E-state index contributed by atoms with van der Waals surface area (Å²) < 4.78 is 27.8. The topological polar surface area (TPSA) is 101 Å². The molecule has 0 radical (unpaired) electrons. The predicted molar refractivity (Wildman–Crippen MR) is 118 cm³/mol. The fourth-order valence-corrected chi connectivity index (χ4v) is 5.70. The molecule has 0 N–H and O–H groups in total. The highest BCUT2D eigenvalue weighted by Gasteiger charge is 2.31. The van der Waals surface area contributed by atoms with Crippen LogP contribution >= 0.6 is 0 Å². The summed E-state index contributed by atoms with van der Waals surface area (Å²) in [6.07, 6.45) is 2.88. The maximum atomic E-state index is 13.2. The van der Waals surface area contributed by atoms with Gasteiger partial charge in [-0.25, -0.2) is 8.42 Å². The average molecular weight is 444 g/mol. The molecule has 164 valence electrons. The van der Waals surface area contributed by atoms with E-state index in [1.54, 1.807) is 30.9 Å². The van der Waals surface area contributed by atoms with E-state index in [4.69, 9.17) is 0 Å². The molecule has 1 heterocycles. The van der Waals surface area contributed by atoms with E-state index in [0.717, 1.165) is 16.7 Å². The highest BCUT2D eigenvalue weighted by Crippen LogP contribution is 2.26. The third-order valence-electron chi connectivity index (χ3n) is 5.25. The van der Waals surface area contributed by atoms with Crippen molar-refractivity contribution in [2.45, 2.75) is 25.7 Å². The Balaban J connectivity index is 1.67. The Labute approximate surface area is 182 Å². The van der Waals surface area contributed by atoms with Crippen molar-refractivity contribution in [2.75, 3.05) is 26.2 Å². The number of rotatable bonds is 5. The van der Waals surface area contributed by atoms with Crippen molar-refractivity contribution in [1.29, 1.82) is 0 Å². The van der Waals surface area contributed by atoms with E-state index >= 15 is 0 Å². The summed E-state index contributed by atoms with van der Waals surface area (Å²) in [5.41, 5.74) is 2.95. The second-order valence-electron chi connectivity index (χ2n) is 7.64. The number of hydrogen-bond acceptors (Lipinski definition) is 5. The van der Waals surface area contributed by atoms with Gasteiger partial charge in [-0.15, -0.1) is 0 Å². The lowest BCUT2D eigenvalue weighted by Gasteiger charge is -2.34. The minimum Gasteiger partial charge on any atom is -0.337 e. The van der Waals surface area contributed by atoms with Crippen molar-refractivity contribution in [2.24, 2.45) is 0 Å². The molecule has 0 bridgehead atoms. The lowest BCUT2D eigenvalue weighted by molar-refractivity contribution is -0.384. The van der Waals surface area contributed by atoms with Gasteiger partial charge in [0.2, 0.25) is 15.9 Å². The van der Waals surface area contributed by atoms with Crippen molar-refractivity contribution in [3.63, 3.8) is 0 Å². The van der Waals surface area contributed by atoms with Gasteiger partial charge >= 0.3 is 0 Å². The van der Waals surface area contributed by atoms with Crippen molar-refractivity contribution in [1.82, 2.24) is 9.21 Å². The number of nitro groups is 1. The first kappa shape index (κ1) is 22.6. The van der Waals surface area contributed by atoms with Crippen molar-refractivity contribution < 1.29 is 18.1 Å². The molecule has 1 saturated heterocycles. The Hall–Kier alpha value is -3.04. The van der Waals surface area contributed by atoms with Crippen LogP contribution in [0.15, 0.2) is 47.4 Å². The molecule has 0 atom stereocenters. The van der Waals surface area contributed by atoms with Crippen molar-refractivity contribution >= 4 is 27.7 Å². The Morgan fingerprint density at radius 1 is 1.03 bits per heavy atom. The summed E-state index contributed by atoms with van der Waals surface area (Å²) in [6.45, 7) is 6.51. The Bertz CT molecular complexity index is 1130. The Morgan fingerprint density at radius 3 is 2.23 bits per heavy atom. The molecule has 0 aliphatic carbocycles. The number of nitrogens with zero attached hydrogens (tertiary/aromatic N) is 3. The lowest BCUT2D eigenvalue weighted by atomic mass is 10.1. The largest absolute Gasteiger partial charge is 0.337 e. The highest BCUT2D eigenvalue weighted by molar-refractivity contribution is 7.89. The number of carbonyl (C=O) groups is 1. The molecule has 1 aliphatic heterocycles. The first-order valence-electron chi connectivity index (χ1n) is 9.89. The number of nitro benzene ring substituents is 1. The number of sulfonamides is 1. The molecule has 1 fully saturated rings. The predicted octanol–water partition coefficient (Wildman–Crippen LogP) is 3.07. The molecule has 0 spiro atoms. The fraction of sp³-hybridized carbons (Fsp3) is 0.318. The van der Waals surface area contributed by atoms with E-state index < -0.39 is 14.9 Å². The zero-order valence-corrected chi connectivity index (χ0v) is 18.6. The average Bonchev–Trinajstić information content (AvgIpc) is 2.71. The SMILES string of the molecule is Cc1cc(C)c(S(=O)(=O)N2CCN(C(=O)/C=C/c3cccc([N+](=O)[O-])c3)CC2)c(C)c1. The van der Waals surface area contributed by atoms with Gasteiger partial charge in [0.1, 0.15) is 0 Å². The van der Waals surface area contributed by atoms with Gasteiger partial charge in [0.05, 0.1) is 9.82 Å². The van der Waals surface area contributed by atoms with Crippen LogP contribution in [0.2, 0.25) is 0 Å². The van der Waals surface area contributed by atoms with E-state index in [1.165, 1.54) is 28.6 Å². The van der Waals surface area contributed by atoms with Gasteiger partial charge in [0.15, 0.2) is 0 Å². The molecule has 9 heteroatoms. The number of amides is 1. The zero-order valence-electron chi connectivity index (χ0n) is 17.7. The molecule has 3 rings (SSSR count). The number of non-ortho nitro benzene ring substituents is 1. The van der Waals surface area contributed by atoms with Gasteiger partial charge in [-0.1, -0.05) is 29.8 Å². The summed E-state index contributed by atoms with van der Waals surface area (Å²) in [5.74, 6) is -0.258. The Kier molecular flexibility index (Phi) is 6.56. The summed E-state index contributed by atoms with van der Waals surface area (Å²) in [7, 11) is -3.64. The summed E-state index contributed by atoms with van der Waals surface area (Å²) in [6, 6.07) is 9.72. The van der Waals surface area contributed by atoms with E-state index in [2.05, 4.69) is 0 Å². The van der Waals surface area contributed by atoms with Crippen LogP contribution in [0.4, 0.5) is 5.69 Å². The van der Waals surface area contributed by atoms with Crippen LogP contribution in [0, 0.1) is 30.9 Å². The van der Waals surface area contributed by atoms with Gasteiger partial charge in [0, 0.05) is 44.4 Å². The van der Waals surface area contributed by atoms with Crippen LogP contribution in [0.1, 0.15) is 22.3 Å². The number of carbonyl (C=O) groups excluding carboxylic acids is 1. The molecule has 8 nitrogen and oxygen atoms in total. The molecule has 0 saturated carbocycles. The van der Waals surface area contributed by atoms with Gasteiger partial charge in [-0.05, 0) is 43.5 Å². The van der Waals surface area contributed by atoms with E-state index in [0.29, 0.717) is 10.5 Å². The normalized spacial score (nSPS) is 15.4. The second-order valence-corrected chi connectivity index (χ2v) is 9.52. The number of benzene rings is 2. The first-order chi connectivity index (χ1) is 14.6. The van der Waals surface area contributed by atoms with Crippen molar-refractivity contribution in [3.8, 4) is 0 Å². The standard InChI is InChI=1S/C22H25N3O5S/c1-16-13-17(2)22(18(3)14-16)31(29,30)24-11-9-23(10-12-24)21(26)8-7-19-5-4-6-20(15-19)25(27)28/h4-8,13-15H,9-12H2,1-3H3/b8-7+. The molecular formula is C22H25N3O5S. The van der Waals surface area contributed by atoms with Gasteiger partial charge in [-0.2, -0.15) is 4.31 Å². The molecule has 31 heavy (non-hydrogen) atoms.